The summed E-state index contributed by atoms with van der Waals surface area (Å²) in [6.45, 7) is 0.706. The van der Waals surface area contributed by atoms with Gasteiger partial charge < -0.3 is 9.84 Å². The molecule has 1 aliphatic heterocycles. The maximum Gasteiger partial charge on any atom is 0.256 e. The van der Waals surface area contributed by atoms with Crippen LogP contribution < -0.4 is 5.56 Å². The van der Waals surface area contributed by atoms with Gasteiger partial charge in [-0.25, -0.2) is 0 Å². The molecule has 2 heterocycles. The predicted molar refractivity (Wildman–Crippen MR) is 51.2 cm³/mol. The number of rotatable bonds is 1. The molecule has 0 aliphatic carbocycles. The molecule has 0 aromatic carbocycles. The van der Waals surface area contributed by atoms with Gasteiger partial charge in [-0.3, -0.25) is 9.36 Å². The molecule has 0 saturated carbocycles. The lowest BCUT2D eigenvalue weighted by Crippen LogP contribution is -2.27. The number of aromatic nitrogens is 1. The molecule has 1 saturated heterocycles. The van der Waals surface area contributed by atoms with Gasteiger partial charge in [0.15, 0.2) is 0 Å². The fraction of sp³-hybridized carbons (Fsp3) is 0.500. The van der Waals surface area contributed by atoms with Gasteiger partial charge in [0, 0.05) is 18.9 Å². The molecule has 1 aliphatic rings. The average Bonchev–Trinajstić information content (AvgIpc) is 2.19. The van der Waals surface area contributed by atoms with Gasteiger partial charge >= 0.3 is 0 Å². The maximum absolute atomic E-state index is 11.5. The minimum atomic E-state index is -0.211. The summed E-state index contributed by atoms with van der Waals surface area (Å²) in [6, 6.07) is 2.71. The van der Waals surface area contributed by atoms with Crippen molar-refractivity contribution < 1.29 is 9.84 Å². The second-order valence-corrected chi connectivity index (χ2v) is 3.45. The highest BCUT2D eigenvalue weighted by Crippen LogP contribution is 2.21. The summed E-state index contributed by atoms with van der Waals surface area (Å²) >= 11 is 0. The first-order valence-corrected chi connectivity index (χ1v) is 4.80. The number of nitrogens with zero attached hydrogens (tertiary/aromatic N) is 1. The van der Waals surface area contributed by atoms with E-state index in [0.717, 1.165) is 19.3 Å². The van der Waals surface area contributed by atoms with Gasteiger partial charge in [0.1, 0.15) is 12.0 Å². The molecular formula is C10H13NO3. The smallest absolute Gasteiger partial charge is 0.256 e. The second-order valence-electron chi connectivity index (χ2n) is 3.45. The standard InChI is InChI=1S/C10H13NO3/c12-8-4-5-11(9(13)7-8)10-3-1-2-6-14-10/h4-5,7,10,12H,1-3,6H2/t10-/m0/s1. The first-order chi connectivity index (χ1) is 6.77. The van der Waals surface area contributed by atoms with E-state index in [1.165, 1.54) is 16.7 Å². The van der Waals surface area contributed by atoms with E-state index >= 15 is 0 Å². The molecule has 1 N–H and O–H groups in total. The van der Waals surface area contributed by atoms with Crippen LogP contribution in [0.25, 0.3) is 0 Å². The quantitative estimate of drug-likeness (QED) is 0.733. The summed E-state index contributed by atoms with van der Waals surface area (Å²) < 4.78 is 6.99. The molecule has 1 aromatic heterocycles. The number of aromatic hydroxyl groups is 1. The summed E-state index contributed by atoms with van der Waals surface area (Å²) in [5, 5.41) is 9.08. The molecule has 0 unspecified atom stereocenters. The van der Waals surface area contributed by atoms with Gasteiger partial charge in [0.05, 0.1) is 0 Å². The molecule has 0 amide bonds. The van der Waals surface area contributed by atoms with Gasteiger partial charge in [0.25, 0.3) is 5.56 Å². The van der Waals surface area contributed by atoms with Crippen LogP contribution in [0.4, 0.5) is 0 Å². The van der Waals surface area contributed by atoms with E-state index in [1.54, 1.807) is 6.20 Å². The van der Waals surface area contributed by atoms with Crippen molar-refractivity contribution in [1.29, 1.82) is 0 Å². The molecule has 1 fully saturated rings. The van der Waals surface area contributed by atoms with Crippen LogP contribution in [0.1, 0.15) is 25.5 Å². The van der Waals surface area contributed by atoms with E-state index in [1.807, 2.05) is 0 Å². The van der Waals surface area contributed by atoms with Crippen molar-refractivity contribution in [3.8, 4) is 5.75 Å². The Morgan fingerprint density at radius 2 is 2.36 bits per heavy atom. The van der Waals surface area contributed by atoms with Crippen LogP contribution in [-0.4, -0.2) is 16.3 Å². The molecule has 1 atom stereocenters. The average molecular weight is 195 g/mol. The largest absolute Gasteiger partial charge is 0.508 e. The Balaban J connectivity index is 2.26. The third-order valence-corrected chi connectivity index (χ3v) is 2.40. The van der Waals surface area contributed by atoms with Crippen LogP contribution in [-0.2, 0) is 4.74 Å². The molecule has 0 bridgehead atoms. The summed E-state index contributed by atoms with van der Waals surface area (Å²) in [4.78, 5) is 11.5. The SMILES string of the molecule is O=c1cc(O)ccn1[C@@H]1CCCCO1. The molecule has 2 rings (SSSR count). The van der Waals surface area contributed by atoms with Crippen LogP contribution in [0.5, 0.6) is 5.75 Å². The maximum atomic E-state index is 11.5. The Morgan fingerprint density at radius 1 is 1.50 bits per heavy atom. The predicted octanol–water partition coefficient (Wildman–Crippen LogP) is 1.25. The Kier molecular flexibility index (Phi) is 2.54. The van der Waals surface area contributed by atoms with Crippen LogP contribution in [0.2, 0.25) is 0 Å². The molecule has 4 nitrogen and oxygen atoms in total. The van der Waals surface area contributed by atoms with E-state index in [9.17, 15) is 4.79 Å². The number of hydrogen-bond acceptors (Lipinski definition) is 3. The number of pyridine rings is 1. The zero-order valence-electron chi connectivity index (χ0n) is 7.85. The minimum Gasteiger partial charge on any atom is -0.508 e. The van der Waals surface area contributed by atoms with Crippen LogP contribution in [0, 0.1) is 0 Å². The Morgan fingerprint density at radius 3 is 3.00 bits per heavy atom. The third-order valence-electron chi connectivity index (χ3n) is 2.40. The summed E-state index contributed by atoms with van der Waals surface area (Å²) in [6.07, 6.45) is 4.43. The summed E-state index contributed by atoms with van der Waals surface area (Å²) in [7, 11) is 0. The molecule has 0 radical (unpaired) electrons. The molecular weight excluding hydrogens is 182 g/mol. The van der Waals surface area contributed by atoms with E-state index in [-0.39, 0.29) is 17.5 Å². The van der Waals surface area contributed by atoms with Crippen molar-refractivity contribution in [1.82, 2.24) is 4.57 Å². The molecule has 14 heavy (non-hydrogen) atoms. The fourth-order valence-corrected chi connectivity index (χ4v) is 1.66. The van der Waals surface area contributed by atoms with Gasteiger partial charge in [0.2, 0.25) is 0 Å². The van der Waals surface area contributed by atoms with Gasteiger partial charge in [-0.05, 0) is 25.3 Å². The van der Waals surface area contributed by atoms with Crippen LogP contribution in [0.3, 0.4) is 0 Å². The zero-order chi connectivity index (χ0) is 9.97. The van der Waals surface area contributed by atoms with Crippen molar-refractivity contribution in [3.63, 3.8) is 0 Å². The molecule has 0 spiro atoms. The highest BCUT2D eigenvalue weighted by Gasteiger charge is 2.16. The highest BCUT2D eigenvalue weighted by atomic mass is 16.5. The second kappa shape index (κ2) is 3.84. The van der Waals surface area contributed by atoms with Gasteiger partial charge in [-0.2, -0.15) is 0 Å². The van der Waals surface area contributed by atoms with E-state index in [2.05, 4.69) is 0 Å². The topological polar surface area (TPSA) is 51.5 Å². The fourth-order valence-electron chi connectivity index (χ4n) is 1.66. The van der Waals surface area contributed by atoms with E-state index < -0.39 is 0 Å². The minimum absolute atomic E-state index is 0.00191. The van der Waals surface area contributed by atoms with Crippen molar-refractivity contribution in [2.45, 2.75) is 25.5 Å². The van der Waals surface area contributed by atoms with Crippen molar-refractivity contribution >= 4 is 0 Å². The molecule has 76 valence electrons. The van der Waals surface area contributed by atoms with Crippen molar-refractivity contribution in [2.75, 3.05) is 6.61 Å². The summed E-state index contributed by atoms with van der Waals surface area (Å²) in [5.41, 5.74) is -0.211. The Bertz CT molecular complexity index is 366. The lowest BCUT2D eigenvalue weighted by molar-refractivity contribution is -0.0341. The number of hydrogen-bond donors (Lipinski definition) is 1. The Labute approximate surface area is 81.7 Å². The van der Waals surface area contributed by atoms with Crippen molar-refractivity contribution in [3.05, 3.63) is 28.7 Å². The third kappa shape index (κ3) is 1.80. The zero-order valence-corrected chi connectivity index (χ0v) is 7.85. The van der Waals surface area contributed by atoms with Gasteiger partial charge in [-0.1, -0.05) is 0 Å². The van der Waals surface area contributed by atoms with Gasteiger partial charge in [-0.15, -0.1) is 0 Å². The first kappa shape index (κ1) is 9.27. The van der Waals surface area contributed by atoms with E-state index in [4.69, 9.17) is 9.84 Å². The first-order valence-electron chi connectivity index (χ1n) is 4.80. The van der Waals surface area contributed by atoms with E-state index in [0.29, 0.717) is 6.61 Å². The van der Waals surface area contributed by atoms with Crippen molar-refractivity contribution in [2.24, 2.45) is 0 Å². The normalized spacial score (nSPS) is 22.1. The lowest BCUT2D eigenvalue weighted by Gasteiger charge is -2.24. The summed E-state index contributed by atoms with van der Waals surface area (Å²) in [5.74, 6) is 0.00191. The van der Waals surface area contributed by atoms with Crippen LogP contribution >= 0.6 is 0 Å². The highest BCUT2D eigenvalue weighted by molar-refractivity contribution is 5.15. The monoisotopic (exact) mass is 195 g/mol. The molecule has 1 aromatic rings. The number of ether oxygens (including phenoxy) is 1. The lowest BCUT2D eigenvalue weighted by atomic mass is 10.2. The molecule has 4 heteroatoms. The van der Waals surface area contributed by atoms with Crippen LogP contribution in [0.15, 0.2) is 23.1 Å². The Hall–Kier alpha value is -1.29.